The molecule has 0 fully saturated rings. The molecule has 3 aromatic rings. The van der Waals surface area contributed by atoms with E-state index in [2.05, 4.69) is 49.4 Å². The molecule has 0 atom stereocenters. The molecule has 2 nitrogen and oxygen atoms in total. The Hall–Kier alpha value is -2.13. The topological polar surface area (TPSA) is 20.3 Å². The predicted octanol–water partition coefficient (Wildman–Crippen LogP) is 5.28. The standard InChI is InChI=1S/C21H23NOS/c1-4-22(5-2)21(23)20-18(14-16-12-10-15(3)11-13-16)17-8-6-7-9-19(17)24-20/h6-13H,4-5,14H2,1-3H3. The van der Waals surface area contributed by atoms with Crippen LogP contribution in [0.25, 0.3) is 10.1 Å². The van der Waals surface area contributed by atoms with Crippen LogP contribution in [0.1, 0.15) is 40.2 Å². The van der Waals surface area contributed by atoms with Gasteiger partial charge in [-0.3, -0.25) is 4.79 Å². The molecular formula is C21H23NOS. The number of carbonyl (C=O) groups is 1. The van der Waals surface area contributed by atoms with Crippen molar-refractivity contribution in [3.05, 3.63) is 70.1 Å². The Morgan fingerprint density at radius 1 is 1.00 bits per heavy atom. The maximum absolute atomic E-state index is 13.0. The zero-order valence-electron chi connectivity index (χ0n) is 14.5. The molecule has 1 aromatic heterocycles. The van der Waals surface area contributed by atoms with Gasteiger partial charge in [0, 0.05) is 17.8 Å². The van der Waals surface area contributed by atoms with Crippen molar-refractivity contribution in [2.75, 3.05) is 13.1 Å². The van der Waals surface area contributed by atoms with Crippen molar-refractivity contribution in [1.82, 2.24) is 4.90 Å². The van der Waals surface area contributed by atoms with Crippen LogP contribution in [0.15, 0.2) is 48.5 Å². The predicted molar refractivity (Wildman–Crippen MR) is 103 cm³/mol. The fraction of sp³-hybridized carbons (Fsp3) is 0.286. The molecule has 24 heavy (non-hydrogen) atoms. The SMILES string of the molecule is CCN(CC)C(=O)c1sc2ccccc2c1Cc1ccc(C)cc1. The van der Waals surface area contributed by atoms with Crippen LogP contribution in [0.2, 0.25) is 0 Å². The molecule has 124 valence electrons. The van der Waals surface area contributed by atoms with Crippen LogP contribution < -0.4 is 0 Å². The summed E-state index contributed by atoms with van der Waals surface area (Å²) in [6, 6.07) is 16.9. The lowest BCUT2D eigenvalue weighted by Gasteiger charge is -2.18. The highest BCUT2D eigenvalue weighted by molar-refractivity contribution is 7.21. The third-order valence-electron chi connectivity index (χ3n) is 4.44. The lowest BCUT2D eigenvalue weighted by Crippen LogP contribution is -2.30. The van der Waals surface area contributed by atoms with Crippen molar-refractivity contribution < 1.29 is 4.79 Å². The summed E-state index contributed by atoms with van der Waals surface area (Å²) in [6.07, 6.45) is 0.798. The van der Waals surface area contributed by atoms with E-state index in [0.717, 1.165) is 30.0 Å². The zero-order chi connectivity index (χ0) is 17.1. The molecule has 0 saturated heterocycles. The number of aryl methyl sites for hydroxylation is 1. The van der Waals surface area contributed by atoms with E-state index in [-0.39, 0.29) is 5.91 Å². The highest BCUT2D eigenvalue weighted by Crippen LogP contribution is 2.34. The van der Waals surface area contributed by atoms with Gasteiger partial charge in [-0.05, 0) is 49.8 Å². The number of hydrogen-bond acceptors (Lipinski definition) is 2. The van der Waals surface area contributed by atoms with Gasteiger partial charge in [0.25, 0.3) is 5.91 Å². The summed E-state index contributed by atoms with van der Waals surface area (Å²) < 4.78 is 1.19. The first-order chi connectivity index (χ1) is 11.6. The van der Waals surface area contributed by atoms with Crippen molar-refractivity contribution in [3.8, 4) is 0 Å². The maximum atomic E-state index is 13.0. The Morgan fingerprint density at radius 2 is 1.67 bits per heavy atom. The van der Waals surface area contributed by atoms with Crippen LogP contribution >= 0.6 is 11.3 Å². The summed E-state index contributed by atoms with van der Waals surface area (Å²) in [5.41, 5.74) is 3.67. The largest absolute Gasteiger partial charge is 0.338 e. The van der Waals surface area contributed by atoms with E-state index in [4.69, 9.17) is 0 Å². The minimum atomic E-state index is 0.156. The van der Waals surface area contributed by atoms with Gasteiger partial charge in [-0.15, -0.1) is 11.3 Å². The highest BCUT2D eigenvalue weighted by atomic mass is 32.1. The first-order valence-electron chi connectivity index (χ1n) is 8.49. The minimum Gasteiger partial charge on any atom is -0.338 e. The van der Waals surface area contributed by atoms with Gasteiger partial charge >= 0.3 is 0 Å². The third-order valence-corrected chi connectivity index (χ3v) is 5.65. The normalized spacial score (nSPS) is 11.0. The van der Waals surface area contributed by atoms with E-state index >= 15 is 0 Å². The first-order valence-corrected chi connectivity index (χ1v) is 9.30. The van der Waals surface area contributed by atoms with Crippen molar-refractivity contribution in [2.24, 2.45) is 0 Å². The van der Waals surface area contributed by atoms with E-state index in [1.54, 1.807) is 11.3 Å². The Labute approximate surface area is 147 Å². The third kappa shape index (κ3) is 3.22. The maximum Gasteiger partial charge on any atom is 0.264 e. The van der Waals surface area contributed by atoms with Crippen molar-refractivity contribution in [1.29, 1.82) is 0 Å². The van der Waals surface area contributed by atoms with E-state index in [1.165, 1.54) is 21.2 Å². The number of nitrogens with zero attached hydrogens (tertiary/aromatic N) is 1. The molecule has 0 aliphatic rings. The van der Waals surface area contributed by atoms with Crippen LogP contribution in [-0.4, -0.2) is 23.9 Å². The molecule has 0 aliphatic heterocycles. The van der Waals surface area contributed by atoms with E-state index in [9.17, 15) is 4.79 Å². The quantitative estimate of drug-likeness (QED) is 0.620. The van der Waals surface area contributed by atoms with Gasteiger partial charge in [0.1, 0.15) is 0 Å². The Bertz CT molecular complexity index is 844. The number of carbonyl (C=O) groups excluding carboxylic acids is 1. The summed E-state index contributed by atoms with van der Waals surface area (Å²) in [5.74, 6) is 0.156. The van der Waals surface area contributed by atoms with Gasteiger partial charge in [-0.1, -0.05) is 48.0 Å². The minimum absolute atomic E-state index is 0.156. The lowest BCUT2D eigenvalue weighted by molar-refractivity contribution is 0.0777. The van der Waals surface area contributed by atoms with Crippen LogP contribution in [-0.2, 0) is 6.42 Å². The summed E-state index contributed by atoms with van der Waals surface area (Å²) in [6.45, 7) is 7.66. The fourth-order valence-electron chi connectivity index (χ4n) is 3.01. The van der Waals surface area contributed by atoms with Crippen LogP contribution in [0.5, 0.6) is 0 Å². The van der Waals surface area contributed by atoms with Gasteiger partial charge < -0.3 is 4.90 Å². The molecule has 1 amide bonds. The van der Waals surface area contributed by atoms with Gasteiger partial charge in [0.15, 0.2) is 0 Å². The second kappa shape index (κ2) is 7.18. The van der Waals surface area contributed by atoms with E-state index in [0.29, 0.717) is 0 Å². The molecule has 0 radical (unpaired) electrons. The average molecular weight is 337 g/mol. The summed E-state index contributed by atoms with van der Waals surface area (Å²) in [4.78, 5) is 15.8. The number of amides is 1. The average Bonchev–Trinajstić information content (AvgIpc) is 2.96. The van der Waals surface area contributed by atoms with Gasteiger partial charge in [0.2, 0.25) is 0 Å². The molecule has 3 heteroatoms. The summed E-state index contributed by atoms with van der Waals surface area (Å²) in [7, 11) is 0. The monoisotopic (exact) mass is 337 g/mol. The fourth-order valence-corrected chi connectivity index (χ4v) is 4.20. The van der Waals surface area contributed by atoms with Crippen LogP contribution in [0.3, 0.4) is 0 Å². The lowest BCUT2D eigenvalue weighted by atomic mass is 10.0. The summed E-state index contributed by atoms with van der Waals surface area (Å²) >= 11 is 1.62. The second-order valence-corrected chi connectivity index (χ2v) is 7.10. The van der Waals surface area contributed by atoms with Gasteiger partial charge in [-0.25, -0.2) is 0 Å². The van der Waals surface area contributed by atoms with Crippen LogP contribution in [0.4, 0.5) is 0 Å². The molecule has 0 aliphatic carbocycles. The van der Waals surface area contributed by atoms with Crippen LogP contribution in [0, 0.1) is 6.92 Å². The number of rotatable bonds is 5. The molecule has 1 heterocycles. The van der Waals surface area contributed by atoms with Gasteiger partial charge in [0.05, 0.1) is 4.88 Å². The van der Waals surface area contributed by atoms with E-state index in [1.807, 2.05) is 24.8 Å². The highest BCUT2D eigenvalue weighted by Gasteiger charge is 2.21. The number of hydrogen-bond donors (Lipinski definition) is 0. The Kier molecular flexibility index (Phi) is 5.00. The van der Waals surface area contributed by atoms with Gasteiger partial charge in [-0.2, -0.15) is 0 Å². The molecule has 3 rings (SSSR count). The number of thiophene rings is 1. The second-order valence-electron chi connectivity index (χ2n) is 6.05. The molecule has 0 bridgehead atoms. The van der Waals surface area contributed by atoms with Crippen molar-refractivity contribution >= 4 is 27.3 Å². The molecular weight excluding hydrogens is 314 g/mol. The zero-order valence-corrected chi connectivity index (χ0v) is 15.3. The molecule has 2 aromatic carbocycles. The van der Waals surface area contributed by atoms with Crippen molar-refractivity contribution in [3.63, 3.8) is 0 Å². The van der Waals surface area contributed by atoms with Crippen molar-refractivity contribution in [2.45, 2.75) is 27.2 Å². The first kappa shape index (κ1) is 16.7. The number of benzene rings is 2. The Balaban J connectivity index is 2.08. The Morgan fingerprint density at radius 3 is 2.33 bits per heavy atom. The number of fused-ring (bicyclic) bond motifs is 1. The molecule has 0 saturated carbocycles. The van der Waals surface area contributed by atoms with E-state index < -0.39 is 0 Å². The molecule has 0 N–H and O–H groups in total. The summed E-state index contributed by atoms with van der Waals surface area (Å²) in [5, 5.41) is 1.21. The smallest absolute Gasteiger partial charge is 0.264 e. The molecule has 0 spiro atoms. The molecule has 0 unspecified atom stereocenters.